The molecule has 0 bridgehead atoms. The van der Waals surface area contributed by atoms with E-state index >= 15 is 0 Å². The van der Waals surface area contributed by atoms with Gasteiger partial charge in [0.15, 0.2) is 0 Å². The van der Waals surface area contributed by atoms with Crippen molar-refractivity contribution < 1.29 is 9.59 Å². The van der Waals surface area contributed by atoms with E-state index in [9.17, 15) is 9.59 Å². The van der Waals surface area contributed by atoms with Gasteiger partial charge in [-0.2, -0.15) is 0 Å². The van der Waals surface area contributed by atoms with Crippen molar-refractivity contribution in [2.45, 2.75) is 68.2 Å². The van der Waals surface area contributed by atoms with E-state index in [1.54, 1.807) is 5.01 Å². The third-order valence-corrected chi connectivity index (χ3v) is 5.42. The van der Waals surface area contributed by atoms with Gasteiger partial charge in [0.05, 0.1) is 0 Å². The molecule has 2 aliphatic heterocycles. The number of amides is 2. The minimum atomic E-state index is -0.348. The zero-order chi connectivity index (χ0) is 19.3. The number of hydrogen-bond acceptors (Lipinski definition) is 3. The summed E-state index contributed by atoms with van der Waals surface area (Å²) in [5.41, 5.74) is 2.85. The van der Waals surface area contributed by atoms with E-state index in [4.69, 9.17) is 0 Å². The summed E-state index contributed by atoms with van der Waals surface area (Å²) < 4.78 is 0. The van der Waals surface area contributed by atoms with Crippen LogP contribution in [-0.2, 0) is 9.59 Å². The molecule has 2 fully saturated rings. The van der Waals surface area contributed by atoms with Gasteiger partial charge < -0.3 is 4.90 Å². The molecule has 0 radical (unpaired) electrons. The van der Waals surface area contributed by atoms with Gasteiger partial charge in [-0.25, -0.2) is 5.43 Å². The summed E-state index contributed by atoms with van der Waals surface area (Å²) in [5, 5.41) is 1.77. The highest BCUT2D eigenvalue weighted by molar-refractivity contribution is 5.83. The number of rotatable bonds is 4. The Labute approximate surface area is 153 Å². The maximum atomic E-state index is 12.7. The zero-order valence-electron chi connectivity index (χ0n) is 17.5. The number of piperidine rings is 2. The third-order valence-electron chi connectivity index (χ3n) is 5.42. The molecule has 25 heavy (non-hydrogen) atoms. The summed E-state index contributed by atoms with van der Waals surface area (Å²) in [5.74, 6) is 0.372. The molecule has 2 rings (SSSR count). The lowest BCUT2D eigenvalue weighted by atomic mass is 9.70. The lowest BCUT2D eigenvalue weighted by Gasteiger charge is -2.47. The number of nitrogens with zero attached hydrogens (tertiary/aromatic N) is 2. The number of likely N-dealkylation sites (tertiary alicyclic amines) is 1. The van der Waals surface area contributed by atoms with Crippen LogP contribution >= 0.6 is 0 Å². The molecule has 2 saturated heterocycles. The second kappa shape index (κ2) is 6.26. The summed E-state index contributed by atoms with van der Waals surface area (Å²) >= 11 is 0. The van der Waals surface area contributed by atoms with Crippen LogP contribution in [0.1, 0.15) is 68.2 Å². The normalized spacial score (nSPS) is 27.5. The second-order valence-electron chi connectivity index (χ2n) is 11.0. The smallest absolute Gasteiger partial charge is 0.242 e. The van der Waals surface area contributed by atoms with Gasteiger partial charge in [0, 0.05) is 37.0 Å². The Morgan fingerprint density at radius 1 is 0.800 bits per heavy atom. The van der Waals surface area contributed by atoms with Crippen LogP contribution < -0.4 is 5.43 Å². The Balaban J connectivity index is 1.97. The molecule has 144 valence electrons. The molecule has 2 heterocycles. The lowest BCUT2D eigenvalue weighted by molar-refractivity contribution is -0.155. The number of nitrogens with one attached hydrogen (secondary N) is 1. The molecule has 0 aromatic rings. The second-order valence-corrected chi connectivity index (χ2v) is 11.0. The van der Waals surface area contributed by atoms with Crippen LogP contribution in [0.25, 0.3) is 0 Å². The fourth-order valence-electron chi connectivity index (χ4n) is 5.17. The maximum Gasteiger partial charge on any atom is 0.242 e. The molecular weight excluding hydrogens is 314 g/mol. The van der Waals surface area contributed by atoms with Crippen LogP contribution in [0, 0.1) is 21.7 Å². The van der Waals surface area contributed by atoms with E-state index < -0.39 is 0 Å². The zero-order valence-corrected chi connectivity index (χ0v) is 17.5. The van der Waals surface area contributed by atoms with Gasteiger partial charge in [0.25, 0.3) is 0 Å². The van der Waals surface area contributed by atoms with Crippen LogP contribution in [0.15, 0.2) is 0 Å². The molecule has 0 atom stereocenters. The third kappa shape index (κ3) is 4.55. The van der Waals surface area contributed by atoms with Crippen molar-refractivity contribution in [3.05, 3.63) is 0 Å². The number of carbonyl (C=O) groups excluding carboxylic acids is 2. The van der Waals surface area contributed by atoms with Crippen molar-refractivity contribution in [1.29, 1.82) is 0 Å². The Morgan fingerprint density at radius 2 is 1.28 bits per heavy atom. The predicted octanol–water partition coefficient (Wildman–Crippen LogP) is 3.06. The van der Waals surface area contributed by atoms with Crippen LogP contribution in [0.4, 0.5) is 0 Å². The summed E-state index contributed by atoms with van der Waals surface area (Å²) in [6.07, 6.45) is 1.81. The van der Waals surface area contributed by atoms with E-state index in [-0.39, 0.29) is 33.5 Å². The van der Waals surface area contributed by atoms with Crippen LogP contribution in [-0.4, -0.2) is 47.9 Å². The van der Waals surface area contributed by atoms with Gasteiger partial charge in [0.1, 0.15) is 0 Å². The predicted molar refractivity (Wildman–Crippen MR) is 101 cm³/mol. The molecule has 5 heteroatoms. The van der Waals surface area contributed by atoms with Crippen LogP contribution in [0.5, 0.6) is 0 Å². The Bertz CT molecular complexity index is 501. The van der Waals surface area contributed by atoms with Crippen LogP contribution in [0.3, 0.4) is 0 Å². The van der Waals surface area contributed by atoms with Gasteiger partial charge >= 0.3 is 0 Å². The average Bonchev–Trinajstić information content (AvgIpc) is 2.38. The van der Waals surface area contributed by atoms with E-state index in [0.29, 0.717) is 19.6 Å². The first-order valence-corrected chi connectivity index (χ1v) is 9.50. The highest BCUT2D eigenvalue weighted by Gasteiger charge is 2.45. The number of carbonyl (C=O) groups is 2. The molecule has 1 N–H and O–H groups in total. The summed E-state index contributed by atoms with van der Waals surface area (Å²) in [4.78, 5) is 27.3. The van der Waals surface area contributed by atoms with Crippen LogP contribution in [0.2, 0.25) is 0 Å². The van der Waals surface area contributed by atoms with E-state index in [1.807, 2.05) is 32.6 Å². The molecule has 0 unspecified atom stereocenters. The SMILES string of the molecule is CC1(C)CN(CCNN2CC(C)(C)CC(C)(C)C2=O)C(=O)C(C)(C)C1. The monoisotopic (exact) mass is 351 g/mol. The minimum absolute atomic E-state index is 0.0926. The Morgan fingerprint density at radius 3 is 1.84 bits per heavy atom. The van der Waals surface area contributed by atoms with Crippen molar-refractivity contribution in [3.63, 3.8) is 0 Å². The number of hydrogen-bond donors (Lipinski definition) is 1. The first kappa shape index (κ1) is 20.2. The quantitative estimate of drug-likeness (QED) is 0.847. The van der Waals surface area contributed by atoms with Gasteiger partial charge in [-0.15, -0.1) is 0 Å². The first-order valence-electron chi connectivity index (χ1n) is 9.50. The molecule has 2 aliphatic rings. The molecule has 0 spiro atoms. The van der Waals surface area contributed by atoms with Crippen molar-refractivity contribution in [2.75, 3.05) is 26.2 Å². The first-order chi connectivity index (χ1) is 11.2. The largest absolute Gasteiger partial charge is 0.340 e. The maximum absolute atomic E-state index is 12.7. The summed E-state index contributed by atoms with van der Waals surface area (Å²) in [6, 6.07) is 0. The van der Waals surface area contributed by atoms with Crippen molar-refractivity contribution >= 4 is 11.8 Å². The minimum Gasteiger partial charge on any atom is -0.340 e. The summed E-state index contributed by atoms with van der Waals surface area (Å²) in [6.45, 7) is 19.7. The van der Waals surface area contributed by atoms with E-state index in [1.165, 1.54) is 0 Å². The van der Waals surface area contributed by atoms with Crippen molar-refractivity contribution in [1.82, 2.24) is 15.3 Å². The number of hydrazine groups is 1. The highest BCUT2D eigenvalue weighted by atomic mass is 16.2. The van der Waals surface area contributed by atoms with Gasteiger partial charge in [-0.3, -0.25) is 14.6 Å². The standard InChI is InChI=1S/C20H37N3O2/c1-17(2)11-19(5,6)15(24)22(13-17)10-9-21-23-14-18(3,4)12-20(7,8)16(23)25/h21H,9-14H2,1-8H3. The lowest BCUT2D eigenvalue weighted by Crippen LogP contribution is -2.60. The molecule has 0 aromatic carbocycles. The molecule has 0 aliphatic carbocycles. The molecule has 5 nitrogen and oxygen atoms in total. The topological polar surface area (TPSA) is 52.6 Å². The fourth-order valence-corrected chi connectivity index (χ4v) is 5.17. The van der Waals surface area contributed by atoms with Gasteiger partial charge in [-0.05, 0) is 23.7 Å². The van der Waals surface area contributed by atoms with Gasteiger partial charge in [-0.1, -0.05) is 55.4 Å². The van der Waals surface area contributed by atoms with E-state index in [2.05, 4.69) is 33.1 Å². The van der Waals surface area contributed by atoms with Crippen molar-refractivity contribution in [3.8, 4) is 0 Å². The Kier molecular flexibility index (Phi) is 5.06. The fraction of sp³-hybridized carbons (Fsp3) is 0.900. The molecule has 0 aromatic heterocycles. The Hall–Kier alpha value is -1.10. The van der Waals surface area contributed by atoms with Gasteiger partial charge in [0.2, 0.25) is 11.8 Å². The van der Waals surface area contributed by atoms with Crippen molar-refractivity contribution in [2.24, 2.45) is 21.7 Å². The summed E-state index contributed by atoms with van der Waals surface area (Å²) in [7, 11) is 0. The molecule has 0 saturated carbocycles. The molecule has 2 amide bonds. The molecular formula is C20H37N3O2. The highest BCUT2D eigenvalue weighted by Crippen LogP contribution is 2.41. The average molecular weight is 352 g/mol. The van der Waals surface area contributed by atoms with E-state index in [0.717, 1.165) is 19.4 Å².